The minimum absolute atomic E-state index is 0.00638. The highest BCUT2D eigenvalue weighted by atomic mass is 19.4. The standard InChI is InChI=1S/C14H19F3N2O2/c1-10(2)6-7-18-13(20)9-19-11-4-3-5-12(8-11)21-14(15,16)17/h3-5,8,10,19H,6-7,9H2,1-2H3,(H,18,20). The molecule has 4 nitrogen and oxygen atoms in total. The summed E-state index contributed by atoms with van der Waals surface area (Å²) in [4.78, 5) is 11.5. The third-order valence-electron chi connectivity index (χ3n) is 2.56. The predicted molar refractivity (Wildman–Crippen MR) is 74.1 cm³/mol. The molecule has 0 saturated heterocycles. The molecular formula is C14H19F3N2O2. The largest absolute Gasteiger partial charge is 0.573 e. The smallest absolute Gasteiger partial charge is 0.406 e. The van der Waals surface area contributed by atoms with Crippen LogP contribution in [0, 0.1) is 5.92 Å². The Hall–Kier alpha value is -1.92. The van der Waals surface area contributed by atoms with Crippen LogP contribution in [-0.4, -0.2) is 25.4 Å². The molecule has 0 aromatic heterocycles. The van der Waals surface area contributed by atoms with E-state index in [0.29, 0.717) is 18.2 Å². The van der Waals surface area contributed by atoms with Crippen LogP contribution in [0.15, 0.2) is 24.3 Å². The summed E-state index contributed by atoms with van der Waals surface area (Å²) in [6.45, 7) is 4.68. The van der Waals surface area contributed by atoms with Gasteiger partial charge in [-0.05, 0) is 24.5 Å². The van der Waals surface area contributed by atoms with Crippen molar-refractivity contribution in [3.63, 3.8) is 0 Å². The van der Waals surface area contributed by atoms with Crippen molar-refractivity contribution < 1.29 is 22.7 Å². The molecule has 2 N–H and O–H groups in total. The van der Waals surface area contributed by atoms with Gasteiger partial charge in [-0.1, -0.05) is 19.9 Å². The van der Waals surface area contributed by atoms with Gasteiger partial charge in [0.15, 0.2) is 0 Å². The van der Waals surface area contributed by atoms with Crippen molar-refractivity contribution in [3.05, 3.63) is 24.3 Å². The maximum absolute atomic E-state index is 12.1. The average molecular weight is 304 g/mol. The molecule has 1 aromatic rings. The van der Waals surface area contributed by atoms with Crippen LogP contribution in [0.4, 0.5) is 18.9 Å². The third-order valence-corrected chi connectivity index (χ3v) is 2.56. The second kappa shape index (κ2) is 7.75. The van der Waals surface area contributed by atoms with Gasteiger partial charge >= 0.3 is 6.36 Å². The SMILES string of the molecule is CC(C)CCNC(=O)CNc1cccc(OC(F)(F)F)c1. The summed E-state index contributed by atoms with van der Waals surface area (Å²) in [5.41, 5.74) is 0.385. The highest BCUT2D eigenvalue weighted by molar-refractivity contribution is 5.80. The number of carbonyl (C=O) groups is 1. The van der Waals surface area contributed by atoms with Gasteiger partial charge in [0.1, 0.15) is 5.75 Å². The van der Waals surface area contributed by atoms with Gasteiger partial charge in [0.2, 0.25) is 5.91 Å². The van der Waals surface area contributed by atoms with Crippen LogP contribution in [0.2, 0.25) is 0 Å². The van der Waals surface area contributed by atoms with E-state index in [9.17, 15) is 18.0 Å². The van der Waals surface area contributed by atoms with Gasteiger partial charge in [0.25, 0.3) is 0 Å². The second-order valence-corrected chi connectivity index (χ2v) is 4.96. The number of benzene rings is 1. The van der Waals surface area contributed by atoms with Gasteiger partial charge < -0.3 is 15.4 Å². The highest BCUT2D eigenvalue weighted by Crippen LogP contribution is 2.24. The number of hydrogen-bond acceptors (Lipinski definition) is 3. The fraction of sp³-hybridized carbons (Fsp3) is 0.500. The lowest BCUT2D eigenvalue weighted by Crippen LogP contribution is -2.31. The van der Waals surface area contributed by atoms with Crippen LogP contribution in [0.1, 0.15) is 20.3 Å². The molecule has 0 bridgehead atoms. The second-order valence-electron chi connectivity index (χ2n) is 4.96. The van der Waals surface area contributed by atoms with Crippen molar-refractivity contribution in [3.8, 4) is 5.75 Å². The average Bonchev–Trinajstić information content (AvgIpc) is 2.34. The molecule has 0 fully saturated rings. The van der Waals surface area contributed by atoms with E-state index in [1.54, 1.807) is 6.07 Å². The first-order chi connectivity index (χ1) is 9.76. The molecule has 1 aromatic carbocycles. The number of hydrogen-bond donors (Lipinski definition) is 2. The summed E-state index contributed by atoms with van der Waals surface area (Å²) >= 11 is 0. The van der Waals surface area contributed by atoms with Crippen molar-refractivity contribution in [2.45, 2.75) is 26.6 Å². The van der Waals surface area contributed by atoms with Gasteiger partial charge in [-0.25, -0.2) is 0 Å². The molecule has 0 radical (unpaired) electrons. The first-order valence-electron chi connectivity index (χ1n) is 6.62. The fourth-order valence-corrected chi connectivity index (χ4v) is 1.55. The molecule has 0 aliphatic heterocycles. The lowest BCUT2D eigenvalue weighted by atomic mass is 10.1. The number of anilines is 1. The topological polar surface area (TPSA) is 50.4 Å². The Labute approximate surface area is 121 Å². The lowest BCUT2D eigenvalue weighted by molar-refractivity contribution is -0.274. The van der Waals surface area contributed by atoms with Gasteiger partial charge in [0.05, 0.1) is 6.54 Å². The van der Waals surface area contributed by atoms with Crippen LogP contribution in [0.25, 0.3) is 0 Å². The van der Waals surface area contributed by atoms with E-state index in [1.165, 1.54) is 18.2 Å². The zero-order chi connectivity index (χ0) is 15.9. The Morgan fingerprint density at radius 3 is 2.67 bits per heavy atom. The molecule has 0 aliphatic rings. The van der Waals surface area contributed by atoms with Crippen LogP contribution in [0.5, 0.6) is 5.75 Å². The third kappa shape index (κ3) is 8.06. The molecule has 21 heavy (non-hydrogen) atoms. The van der Waals surface area contributed by atoms with Gasteiger partial charge in [-0.15, -0.1) is 13.2 Å². The molecule has 7 heteroatoms. The normalized spacial score (nSPS) is 11.3. The summed E-state index contributed by atoms with van der Waals surface area (Å²) in [5.74, 6) is -0.0417. The van der Waals surface area contributed by atoms with E-state index >= 15 is 0 Å². The predicted octanol–water partition coefficient (Wildman–Crippen LogP) is 3.16. The quantitative estimate of drug-likeness (QED) is 0.813. The van der Waals surface area contributed by atoms with Crippen LogP contribution >= 0.6 is 0 Å². The minimum Gasteiger partial charge on any atom is -0.406 e. The Kier molecular flexibility index (Phi) is 6.33. The van der Waals surface area contributed by atoms with Gasteiger partial charge in [-0.2, -0.15) is 0 Å². The van der Waals surface area contributed by atoms with E-state index in [2.05, 4.69) is 29.2 Å². The van der Waals surface area contributed by atoms with Gasteiger partial charge in [0, 0.05) is 18.3 Å². The Morgan fingerprint density at radius 2 is 2.05 bits per heavy atom. The molecule has 0 spiro atoms. The minimum atomic E-state index is -4.73. The molecule has 0 heterocycles. The molecule has 0 saturated carbocycles. The maximum atomic E-state index is 12.1. The van der Waals surface area contributed by atoms with Crippen molar-refractivity contribution in [1.29, 1.82) is 0 Å². The Bertz CT molecular complexity index is 462. The summed E-state index contributed by atoms with van der Waals surface area (Å²) < 4.78 is 40.1. The zero-order valence-electron chi connectivity index (χ0n) is 12.0. The lowest BCUT2D eigenvalue weighted by Gasteiger charge is -2.11. The van der Waals surface area contributed by atoms with Crippen LogP contribution < -0.4 is 15.4 Å². The van der Waals surface area contributed by atoms with Gasteiger partial charge in [-0.3, -0.25) is 4.79 Å². The summed E-state index contributed by atoms with van der Waals surface area (Å²) in [7, 11) is 0. The first-order valence-corrected chi connectivity index (χ1v) is 6.62. The number of amides is 1. The van der Waals surface area contributed by atoms with Crippen molar-refractivity contribution in [2.24, 2.45) is 5.92 Å². The van der Waals surface area contributed by atoms with Crippen LogP contribution in [0.3, 0.4) is 0 Å². The number of nitrogens with one attached hydrogen (secondary N) is 2. The van der Waals surface area contributed by atoms with E-state index in [4.69, 9.17) is 0 Å². The molecular weight excluding hydrogens is 285 g/mol. The molecule has 1 amide bonds. The summed E-state index contributed by atoms with van der Waals surface area (Å²) in [6.07, 6.45) is -3.85. The zero-order valence-corrected chi connectivity index (χ0v) is 12.0. The van der Waals surface area contributed by atoms with Crippen molar-refractivity contribution in [2.75, 3.05) is 18.4 Å². The molecule has 0 atom stereocenters. The summed E-state index contributed by atoms with van der Waals surface area (Å²) in [6, 6.07) is 5.36. The van der Waals surface area contributed by atoms with Crippen molar-refractivity contribution >= 4 is 11.6 Å². The number of carbonyl (C=O) groups excluding carboxylic acids is 1. The highest BCUT2D eigenvalue weighted by Gasteiger charge is 2.31. The van der Waals surface area contributed by atoms with E-state index in [0.717, 1.165) is 6.42 Å². The monoisotopic (exact) mass is 304 g/mol. The number of ether oxygens (including phenoxy) is 1. The van der Waals surface area contributed by atoms with E-state index in [1.807, 2.05) is 0 Å². The number of rotatable bonds is 7. The maximum Gasteiger partial charge on any atom is 0.573 e. The molecule has 1 rings (SSSR count). The molecule has 118 valence electrons. The Balaban J connectivity index is 2.41. The number of alkyl halides is 3. The Morgan fingerprint density at radius 1 is 1.33 bits per heavy atom. The fourth-order valence-electron chi connectivity index (χ4n) is 1.55. The molecule has 0 aliphatic carbocycles. The van der Waals surface area contributed by atoms with Crippen molar-refractivity contribution in [1.82, 2.24) is 5.32 Å². The van der Waals surface area contributed by atoms with E-state index in [-0.39, 0.29) is 18.2 Å². The molecule has 0 unspecified atom stereocenters. The van der Waals surface area contributed by atoms with E-state index < -0.39 is 6.36 Å². The van der Waals surface area contributed by atoms with Crippen LogP contribution in [-0.2, 0) is 4.79 Å². The summed E-state index contributed by atoms with van der Waals surface area (Å²) in [5, 5.41) is 5.47. The first kappa shape index (κ1) is 17.1. The number of halogens is 3.